The van der Waals surface area contributed by atoms with Gasteiger partial charge in [0.05, 0.1) is 16.8 Å². The van der Waals surface area contributed by atoms with E-state index in [0.717, 1.165) is 34.5 Å². The second-order valence-electron chi connectivity index (χ2n) is 7.07. The van der Waals surface area contributed by atoms with Crippen molar-refractivity contribution in [2.45, 2.75) is 13.8 Å². The summed E-state index contributed by atoms with van der Waals surface area (Å²) >= 11 is 0. The number of rotatable bonds is 5. The molecule has 0 fully saturated rings. The smallest absolute Gasteiger partial charge is 0.336 e. The highest BCUT2D eigenvalue weighted by Crippen LogP contribution is 2.28. The number of pyridine rings is 1. The van der Waals surface area contributed by atoms with E-state index in [4.69, 9.17) is 4.98 Å². The van der Waals surface area contributed by atoms with Crippen molar-refractivity contribution in [2.75, 3.05) is 11.9 Å². The van der Waals surface area contributed by atoms with Gasteiger partial charge in [-0.05, 0) is 55.3 Å². The van der Waals surface area contributed by atoms with Crippen LogP contribution in [0.1, 0.15) is 22.8 Å². The van der Waals surface area contributed by atoms with Gasteiger partial charge in [0.1, 0.15) is 0 Å². The summed E-state index contributed by atoms with van der Waals surface area (Å²) in [6.45, 7) is 4.91. The topological polar surface area (TPSA) is 62.2 Å². The molecule has 1 heterocycles. The Kier molecular flexibility index (Phi) is 5.00. The average Bonchev–Trinajstić information content (AvgIpc) is 2.74. The lowest BCUT2D eigenvalue weighted by molar-refractivity contribution is 0.0699. The van der Waals surface area contributed by atoms with E-state index in [1.165, 1.54) is 0 Å². The second kappa shape index (κ2) is 7.76. The number of aromatic nitrogens is 1. The summed E-state index contributed by atoms with van der Waals surface area (Å²) in [5, 5.41) is 13.6. The summed E-state index contributed by atoms with van der Waals surface area (Å²) in [5.74, 6) is -0.943. The van der Waals surface area contributed by atoms with Gasteiger partial charge in [0.15, 0.2) is 0 Å². The highest BCUT2D eigenvalue weighted by Gasteiger charge is 2.13. The van der Waals surface area contributed by atoms with Crippen LogP contribution < -0.4 is 5.32 Å². The van der Waals surface area contributed by atoms with Gasteiger partial charge >= 0.3 is 5.97 Å². The van der Waals surface area contributed by atoms with E-state index in [1.807, 2.05) is 49.4 Å². The summed E-state index contributed by atoms with van der Waals surface area (Å²) < 4.78 is 0. The molecular formula is C25H22N2O2. The van der Waals surface area contributed by atoms with E-state index in [0.29, 0.717) is 16.6 Å². The molecule has 29 heavy (non-hydrogen) atoms. The SMILES string of the molecule is CCNc1ccc(-c2ccc(-c3cc(C(=O)O)c4cc(C)ccc4n3)cc2)cc1. The Bertz CT molecular complexity index is 1180. The van der Waals surface area contributed by atoms with Crippen LogP contribution in [0, 0.1) is 6.92 Å². The minimum atomic E-state index is -0.943. The Morgan fingerprint density at radius 1 is 0.897 bits per heavy atom. The zero-order chi connectivity index (χ0) is 20.4. The lowest BCUT2D eigenvalue weighted by Crippen LogP contribution is -2.00. The Morgan fingerprint density at radius 3 is 2.14 bits per heavy atom. The minimum absolute atomic E-state index is 0.275. The zero-order valence-electron chi connectivity index (χ0n) is 16.4. The van der Waals surface area contributed by atoms with Crippen molar-refractivity contribution in [1.82, 2.24) is 4.98 Å². The number of carboxylic acid groups (broad SMARTS) is 1. The van der Waals surface area contributed by atoms with Crippen molar-refractivity contribution in [3.8, 4) is 22.4 Å². The molecule has 0 amide bonds. The molecule has 3 aromatic carbocycles. The molecule has 4 heteroatoms. The van der Waals surface area contributed by atoms with Crippen LogP contribution in [0.5, 0.6) is 0 Å². The van der Waals surface area contributed by atoms with Crippen LogP contribution in [0.4, 0.5) is 5.69 Å². The van der Waals surface area contributed by atoms with Crippen LogP contribution in [-0.4, -0.2) is 22.6 Å². The van der Waals surface area contributed by atoms with Crippen LogP contribution >= 0.6 is 0 Å². The number of benzene rings is 3. The largest absolute Gasteiger partial charge is 0.478 e. The van der Waals surface area contributed by atoms with E-state index in [-0.39, 0.29) is 5.56 Å². The van der Waals surface area contributed by atoms with E-state index < -0.39 is 5.97 Å². The fourth-order valence-electron chi connectivity index (χ4n) is 3.48. The molecule has 4 nitrogen and oxygen atoms in total. The van der Waals surface area contributed by atoms with Gasteiger partial charge < -0.3 is 10.4 Å². The monoisotopic (exact) mass is 382 g/mol. The number of anilines is 1. The molecular weight excluding hydrogens is 360 g/mol. The predicted molar refractivity (Wildman–Crippen MR) is 118 cm³/mol. The molecule has 0 bridgehead atoms. The molecule has 0 atom stereocenters. The van der Waals surface area contributed by atoms with Crippen molar-refractivity contribution < 1.29 is 9.90 Å². The van der Waals surface area contributed by atoms with E-state index in [1.54, 1.807) is 6.07 Å². The summed E-state index contributed by atoms with van der Waals surface area (Å²) in [6.07, 6.45) is 0. The third-order valence-electron chi connectivity index (χ3n) is 4.97. The first-order chi connectivity index (χ1) is 14.0. The molecule has 0 saturated carbocycles. The number of carbonyl (C=O) groups is 1. The van der Waals surface area contributed by atoms with Crippen LogP contribution in [0.15, 0.2) is 72.8 Å². The zero-order valence-corrected chi connectivity index (χ0v) is 16.4. The number of carboxylic acids is 1. The average molecular weight is 382 g/mol. The molecule has 1 aromatic heterocycles. The molecule has 0 aliphatic heterocycles. The van der Waals surface area contributed by atoms with Crippen LogP contribution in [0.3, 0.4) is 0 Å². The first-order valence-electron chi connectivity index (χ1n) is 9.64. The standard InChI is InChI=1S/C25H22N2O2/c1-3-26-20-11-9-18(10-12-20)17-5-7-19(8-6-17)24-15-22(25(28)29)21-14-16(2)4-13-23(21)27-24/h4-15,26H,3H2,1-2H3,(H,28,29). The van der Waals surface area contributed by atoms with Gasteiger partial charge in [0, 0.05) is 23.2 Å². The summed E-state index contributed by atoms with van der Waals surface area (Å²) in [4.78, 5) is 16.5. The third kappa shape index (κ3) is 3.83. The van der Waals surface area contributed by atoms with Crippen LogP contribution in [0.25, 0.3) is 33.3 Å². The van der Waals surface area contributed by atoms with Gasteiger partial charge in [-0.2, -0.15) is 0 Å². The lowest BCUT2D eigenvalue weighted by atomic mass is 10.00. The Balaban J connectivity index is 1.71. The molecule has 0 aliphatic carbocycles. The van der Waals surface area contributed by atoms with Gasteiger partial charge in [-0.15, -0.1) is 0 Å². The first kappa shape index (κ1) is 18.7. The van der Waals surface area contributed by atoms with Crippen molar-refractivity contribution >= 4 is 22.6 Å². The maximum atomic E-state index is 11.8. The normalized spacial score (nSPS) is 10.8. The van der Waals surface area contributed by atoms with Gasteiger partial charge in [-0.25, -0.2) is 9.78 Å². The third-order valence-corrected chi connectivity index (χ3v) is 4.97. The molecule has 0 radical (unpaired) electrons. The van der Waals surface area contributed by atoms with Gasteiger partial charge in [-0.3, -0.25) is 0 Å². The molecule has 144 valence electrons. The molecule has 4 aromatic rings. The first-order valence-corrected chi connectivity index (χ1v) is 9.64. The quantitative estimate of drug-likeness (QED) is 0.444. The molecule has 0 aliphatic rings. The number of hydrogen-bond donors (Lipinski definition) is 2. The number of nitrogens with one attached hydrogen (secondary N) is 1. The molecule has 0 unspecified atom stereocenters. The van der Waals surface area contributed by atoms with Crippen LogP contribution in [-0.2, 0) is 0 Å². The maximum Gasteiger partial charge on any atom is 0.336 e. The van der Waals surface area contributed by atoms with Gasteiger partial charge in [0.2, 0.25) is 0 Å². The highest BCUT2D eigenvalue weighted by atomic mass is 16.4. The van der Waals surface area contributed by atoms with Crippen molar-refractivity contribution in [1.29, 1.82) is 0 Å². The van der Waals surface area contributed by atoms with E-state index in [9.17, 15) is 9.90 Å². The fraction of sp³-hybridized carbons (Fsp3) is 0.120. The number of fused-ring (bicyclic) bond motifs is 1. The summed E-state index contributed by atoms with van der Waals surface area (Å²) in [5.41, 5.74) is 6.86. The van der Waals surface area contributed by atoms with Gasteiger partial charge in [-0.1, -0.05) is 48.0 Å². The lowest BCUT2D eigenvalue weighted by Gasteiger charge is -2.09. The number of hydrogen-bond acceptors (Lipinski definition) is 3. The van der Waals surface area contributed by atoms with Crippen molar-refractivity contribution in [2.24, 2.45) is 0 Å². The Hall–Kier alpha value is -3.66. The molecule has 2 N–H and O–H groups in total. The predicted octanol–water partition coefficient (Wildman–Crippen LogP) is 6.01. The number of nitrogens with zero attached hydrogens (tertiary/aromatic N) is 1. The molecule has 0 spiro atoms. The van der Waals surface area contributed by atoms with Crippen molar-refractivity contribution in [3.05, 3.63) is 83.9 Å². The van der Waals surface area contributed by atoms with Gasteiger partial charge in [0.25, 0.3) is 0 Å². The molecule has 0 saturated heterocycles. The van der Waals surface area contributed by atoms with Crippen LogP contribution in [0.2, 0.25) is 0 Å². The van der Waals surface area contributed by atoms with E-state index in [2.05, 4.69) is 36.5 Å². The Labute approximate surface area is 169 Å². The number of aromatic carboxylic acids is 1. The Morgan fingerprint density at radius 2 is 1.52 bits per heavy atom. The fourth-order valence-corrected chi connectivity index (χ4v) is 3.48. The highest BCUT2D eigenvalue weighted by molar-refractivity contribution is 6.04. The maximum absolute atomic E-state index is 11.8. The summed E-state index contributed by atoms with van der Waals surface area (Å²) in [6, 6.07) is 23.7. The van der Waals surface area contributed by atoms with Crippen molar-refractivity contribution in [3.63, 3.8) is 0 Å². The number of aryl methyl sites for hydroxylation is 1. The van der Waals surface area contributed by atoms with E-state index >= 15 is 0 Å². The summed E-state index contributed by atoms with van der Waals surface area (Å²) in [7, 11) is 0. The minimum Gasteiger partial charge on any atom is -0.478 e. The molecule has 4 rings (SSSR count). The second-order valence-corrected chi connectivity index (χ2v) is 7.07.